The van der Waals surface area contributed by atoms with Crippen LogP contribution in [0.15, 0.2) is 41.0 Å². The first-order chi connectivity index (χ1) is 15.8. The zero-order valence-electron chi connectivity index (χ0n) is 19.1. The standard InChI is InChI=1S/C25H28ClN3O4/c1-15-4-6-16(7-5-15)27-24(31)25(2)14-28-19-10-11-33-22(19)13-20(28)23(30)29(25)17-8-9-21(32-3)18(26)12-17/h8-13,15-16H,4-7,14H2,1-3H3,(H,27,31)/t15?,16?,25-/m1/s1. The van der Waals surface area contributed by atoms with Crippen molar-refractivity contribution in [2.24, 2.45) is 5.92 Å². The molecule has 2 aromatic heterocycles. The molecule has 0 spiro atoms. The first kappa shape index (κ1) is 21.9. The fourth-order valence-electron chi connectivity index (χ4n) is 5.16. The van der Waals surface area contributed by atoms with Gasteiger partial charge in [-0.05, 0) is 56.7 Å². The molecular formula is C25H28ClN3O4. The third-order valence-corrected chi connectivity index (χ3v) is 7.43. The molecule has 1 N–H and O–H groups in total. The van der Waals surface area contributed by atoms with Gasteiger partial charge in [-0.2, -0.15) is 0 Å². The number of carbonyl (C=O) groups excluding carboxylic acids is 2. The summed E-state index contributed by atoms with van der Waals surface area (Å²) in [5, 5.41) is 3.62. The van der Waals surface area contributed by atoms with E-state index >= 15 is 0 Å². The number of nitrogens with zero attached hydrogens (tertiary/aromatic N) is 2. The lowest BCUT2D eigenvalue weighted by atomic mass is 9.86. The van der Waals surface area contributed by atoms with E-state index in [1.165, 1.54) is 7.11 Å². The average Bonchev–Trinajstić information content (AvgIpc) is 3.38. The summed E-state index contributed by atoms with van der Waals surface area (Å²) in [5.74, 6) is 0.745. The summed E-state index contributed by atoms with van der Waals surface area (Å²) in [6.07, 6.45) is 5.68. The monoisotopic (exact) mass is 469 g/mol. The van der Waals surface area contributed by atoms with Gasteiger partial charge in [0.05, 0.1) is 30.5 Å². The van der Waals surface area contributed by atoms with Crippen molar-refractivity contribution in [3.63, 3.8) is 0 Å². The van der Waals surface area contributed by atoms with Gasteiger partial charge in [-0.3, -0.25) is 14.5 Å². The van der Waals surface area contributed by atoms with Gasteiger partial charge in [0.2, 0.25) is 5.91 Å². The van der Waals surface area contributed by atoms with E-state index in [4.69, 9.17) is 20.8 Å². The van der Waals surface area contributed by atoms with Crippen molar-refractivity contribution in [2.75, 3.05) is 12.0 Å². The van der Waals surface area contributed by atoms with Crippen LogP contribution in [0, 0.1) is 5.92 Å². The predicted octanol–water partition coefficient (Wildman–Crippen LogP) is 5.01. The lowest BCUT2D eigenvalue weighted by Crippen LogP contribution is -2.65. The molecule has 5 rings (SSSR count). The molecule has 1 atom stereocenters. The summed E-state index contributed by atoms with van der Waals surface area (Å²) in [4.78, 5) is 29.2. The number of halogens is 1. The Morgan fingerprint density at radius 3 is 2.67 bits per heavy atom. The van der Waals surface area contributed by atoms with Gasteiger partial charge in [-0.25, -0.2) is 0 Å². The maximum atomic E-state index is 13.8. The molecule has 8 heteroatoms. The van der Waals surface area contributed by atoms with E-state index < -0.39 is 5.54 Å². The Balaban J connectivity index is 1.57. The van der Waals surface area contributed by atoms with Crippen LogP contribution in [0.4, 0.5) is 5.69 Å². The van der Waals surface area contributed by atoms with Crippen LogP contribution in [0.25, 0.3) is 11.1 Å². The van der Waals surface area contributed by atoms with Crippen molar-refractivity contribution < 1.29 is 18.7 Å². The molecule has 0 unspecified atom stereocenters. The molecule has 33 heavy (non-hydrogen) atoms. The van der Waals surface area contributed by atoms with Crippen LogP contribution in [0.3, 0.4) is 0 Å². The van der Waals surface area contributed by atoms with Crippen LogP contribution in [0.2, 0.25) is 5.02 Å². The number of carbonyl (C=O) groups is 2. The number of furan rings is 1. The maximum Gasteiger partial charge on any atom is 0.276 e. The molecule has 3 aromatic rings. The molecule has 0 bridgehead atoms. The van der Waals surface area contributed by atoms with Crippen LogP contribution >= 0.6 is 11.6 Å². The van der Waals surface area contributed by atoms with Crippen molar-refractivity contribution in [1.29, 1.82) is 0 Å². The van der Waals surface area contributed by atoms with Crippen LogP contribution in [-0.4, -0.2) is 35.1 Å². The molecule has 2 amide bonds. The Labute approximate surface area is 197 Å². The van der Waals surface area contributed by atoms with Gasteiger partial charge in [0.1, 0.15) is 17.0 Å². The SMILES string of the molecule is COc1ccc(N2C(=O)c3cc4occc4n3C[C@]2(C)C(=O)NC2CCC(C)CC2)cc1Cl. The van der Waals surface area contributed by atoms with Crippen molar-refractivity contribution in [2.45, 2.75) is 57.7 Å². The summed E-state index contributed by atoms with van der Waals surface area (Å²) >= 11 is 6.40. The van der Waals surface area contributed by atoms with Crippen LogP contribution < -0.4 is 15.0 Å². The molecule has 1 saturated carbocycles. The van der Waals surface area contributed by atoms with E-state index in [0.717, 1.165) is 31.2 Å². The maximum absolute atomic E-state index is 13.8. The third kappa shape index (κ3) is 3.59. The van der Waals surface area contributed by atoms with E-state index in [-0.39, 0.29) is 17.9 Å². The largest absolute Gasteiger partial charge is 0.495 e. The first-order valence-electron chi connectivity index (χ1n) is 11.4. The summed E-state index contributed by atoms with van der Waals surface area (Å²) in [7, 11) is 1.54. The van der Waals surface area contributed by atoms with E-state index in [0.29, 0.717) is 40.2 Å². The van der Waals surface area contributed by atoms with Gasteiger partial charge in [0.15, 0.2) is 5.58 Å². The summed E-state index contributed by atoms with van der Waals surface area (Å²) < 4.78 is 12.7. The second kappa shape index (κ2) is 8.13. The van der Waals surface area contributed by atoms with Crippen LogP contribution in [-0.2, 0) is 11.3 Å². The molecule has 1 fully saturated rings. The number of ether oxygens (including phenoxy) is 1. The van der Waals surface area contributed by atoms with Gasteiger partial charge >= 0.3 is 0 Å². The number of fused-ring (bicyclic) bond motifs is 3. The molecule has 0 radical (unpaired) electrons. The first-order valence-corrected chi connectivity index (χ1v) is 11.8. The Hall–Kier alpha value is -2.93. The van der Waals surface area contributed by atoms with Crippen LogP contribution in [0.1, 0.15) is 50.0 Å². The van der Waals surface area contributed by atoms with E-state index in [1.54, 1.807) is 35.4 Å². The molecule has 1 aromatic carbocycles. The fraction of sp³-hybridized carbons (Fsp3) is 0.440. The highest BCUT2D eigenvalue weighted by Gasteiger charge is 2.49. The quantitative estimate of drug-likeness (QED) is 0.582. The van der Waals surface area contributed by atoms with Gasteiger partial charge < -0.3 is 19.0 Å². The number of rotatable bonds is 4. The summed E-state index contributed by atoms with van der Waals surface area (Å²) in [6, 6.07) is 8.82. The van der Waals surface area contributed by atoms with Crippen molar-refractivity contribution >= 4 is 40.2 Å². The number of aromatic nitrogens is 1. The predicted molar refractivity (Wildman–Crippen MR) is 127 cm³/mol. The van der Waals surface area contributed by atoms with E-state index in [9.17, 15) is 9.59 Å². The van der Waals surface area contributed by atoms with E-state index in [1.807, 2.05) is 17.6 Å². The molecule has 0 saturated heterocycles. The molecule has 174 valence electrons. The third-order valence-electron chi connectivity index (χ3n) is 7.14. The molecular weight excluding hydrogens is 442 g/mol. The number of amides is 2. The smallest absolute Gasteiger partial charge is 0.276 e. The van der Waals surface area contributed by atoms with Gasteiger partial charge in [0, 0.05) is 23.9 Å². The minimum atomic E-state index is -1.16. The summed E-state index contributed by atoms with van der Waals surface area (Å²) in [5.41, 5.74) is 1.29. The minimum absolute atomic E-state index is 0.113. The minimum Gasteiger partial charge on any atom is -0.495 e. The average molecular weight is 470 g/mol. The number of hydrogen-bond donors (Lipinski definition) is 1. The van der Waals surface area contributed by atoms with Crippen molar-refractivity contribution in [3.05, 3.63) is 47.3 Å². The molecule has 1 aliphatic carbocycles. The highest BCUT2D eigenvalue weighted by molar-refractivity contribution is 6.32. The fourth-order valence-corrected chi connectivity index (χ4v) is 5.41. The lowest BCUT2D eigenvalue weighted by molar-refractivity contribution is -0.127. The van der Waals surface area contributed by atoms with Gasteiger partial charge in [-0.1, -0.05) is 18.5 Å². The number of benzene rings is 1. The Morgan fingerprint density at radius 1 is 1.21 bits per heavy atom. The Bertz CT molecular complexity index is 1220. The number of nitrogens with one attached hydrogen (secondary N) is 1. The highest BCUT2D eigenvalue weighted by atomic mass is 35.5. The van der Waals surface area contributed by atoms with Gasteiger partial charge in [0.25, 0.3) is 5.91 Å². The second-order valence-electron chi connectivity index (χ2n) is 9.45. The van der Waals surface area contributed by atoms with Gasteiger partial charge in [-0.15, -0.1) is 0 Å². The lowest BCUT2D eigenvalue weighted by Gasteiger charge is -2.44. The second-order valence-corrected chi connectivity index (χ2v) is 9.86. The van der Waals surface area contributed by atoms with E-state index in [2.05, 4.69) is 12.2 Å². The topological polar surface area (TPSA) is 76.7 Å². The number of methoxy groups -OCH3 is 1. The zero-order valence-corrected chi connectivity index (χ0v) is 19.8. The molecule has 1 aliphatic heterocycles. The Morgan fingerprint density at radius 2 is 1.97 bits per heavy atom. The molecule has 2 aliphatic rings. The Kier molecular flexibility index (Phi) is 5.40. The molecule has 7 nitrogen and oxygen atoms in total. The number of hydrogen-bond acceptors (Lipinski definition) is 4. The highest BCUT2D eigenvalue weighted by Crippen LogP contribution is 2.39. The normalized spacial score (nSPS) is 25.2. The zero-order chi connectivity index (χ0) is 23.3. The van der Waals surface area contributed by atoms with Crippen molar-refractivity contribution in [1.82, 2.24) is 9.88 Å². The summed E-state index contributed by atoms with van der Waals surface area (Å²) in [6.45, 7) is 4.37. The number of anilines is 1. The van der Waals surface area contributed by atoms with Crippen molar-refractivity contribution in [3.8, 4) is 5.75 Å². The van der Waals surface area contributed by atoms with Crippen LogP contribution in [0.5, 0.6) is 5.75 Å². The molecule has 3 heterocycles.